The molecule has 0 saturated carbocycles. The van der Waals surface area contributed by atoms with Crippen LogP contribution in [0.2, 0.25) is 0 Å². The number of carbonyl (C=O) groups is 2. The van der Waals surface area contributed by atoms with Crippen LogP contribution in [0, 0.1) is 0 Å². The third-order valence-electron chi connectivity index (χ3n) is 3.94. The van der Waals surface area contributed by atoms with Crippen molar-refractivity contribution in [2.75, 3.05) is 14.2 Å². The zero-order valence-electron chi connectivity index (χ0n) is 14.3. The fraction of sp³-hybridized carbons (Fsp3) is 0.158. The van der Waals surface area contributed by atoms with Crippen molar-refractivity contribution < 1.29 is 19.1 Å². The van der Waals surface area contributed by atoms with Gasteiger partial charge < -0.3 is 14.8 Å². The van der Waals surface area contributed by atoms with Crippen LogP contribution in [0.5, 0.6) is 11.5 Å². The van der Waals surface area contributed by atoms with E-state index >= 15 is 0 Å². The van der Waals surface area contributed by atoms with Gasteiger partial charge in [0.1, 0.15) is 17.2 Å². The second kappa shape index (κ2) is 7.61. The largest absolute Gasteiger partial charge is 0.497 e. The van der Waals surface area contributed by atoms with Crippen LogP contribution in [0.15, 0.2) is 52.6 Å². The molecule has 1 aliphatic heterocycles. The minimum absolute atomic E-state index is 0.114. The van der Waals surface area contributed by atoms with Gasteiger partial charge in [-0.1, -0.05) is 28.1 Å². The normalized spacial score (nSPS) is 15.3. The highest BCUT2D eigenvalue weighted by Crippen LogP contribution is 2.26. The van der Waals surface area contributed by atoms with Gasteiger partial charge in [-0.3, -0.25) is 9.69 Å². The second-order valence-corrected chi connectivity index (χ2v) is 6.53. The predicted molar refractivity (Wildman–Crippen MR) is 101 cm³/mol. The Kier molecular flexibility index (Phi) is 5.27. The summed E-state index contributed by atoms with van der Waals surface area (Å²) in [5.41, 5.74) is 1.71. The molecule has 1 fully saturated rings. The van der Waals surface area contributed by atoms with Crippen molar-refractivity contribution in [2.24, 2.45) is 0 Å². The van der Waals surface area contributed by atoms with Gasteiger partial charge in [0.2, 0.25) is 0 Å². The van der Waals surface area contributed by atoms with Gasteiger partial charge in [0, 0.05) is 10.0 Å². The van der Waals surface area contributed by atoms with Crippen molar-refractivity contribution in [3.63, 3.8) is 0 Å². The van der Waals surface area contributed by atoms with Crippen molar-refractivity contribution in [1.82, 2.24) is 10.2 Å². The maximum Gasteiger partial charge on any atom is 0.329 e. The van der Waals surface area contributed by atoms with Gasteiger partial charge in [0.15, 0.2) is 0 Å². The topological polar surface area (TPSA) is 67.9 Å². The molecule has 0 radical (unpaired) electrons. The molecule has 1 saturated heterocycles. The monoisotopic (exact) mass is 416 g/mol. The van der Waals surface area contributed by atoms with Gasteiger partial charge in [-0.05, 0) is 42.0 Å². The van der Waals surface area contributed by atoms with Gasteiger partial charge >= 0.3 is 6.03 Å². The van der Waals surface area contributed by atoms with Gasteiger partial charge in [0.05, 0.1) is 20.8 Å². The zero-order chi connectivity index (χ0) is 18.7. The number of hydrogen-bond donors (Lipinski definition) is 1. The summed E-state index contributed by atoms with van der Waals surface area (Å²) in [5, 5.41) is 2.62. The van der Waals surface area contributed by atoms with E-state index in [1.54, 1.807) is 32.4 Å². The van der Waals surface area contributed by atoms with Crippen molar-refractivity contribution >= 4 is 33.9 Å². The molecule has 0 atom stereocenters. The van der Waals surface area contributed by atoms with Gasteiger partial charge in [-0.15, -0.1) is 0 Å². The van der Waals surface area contributed by atoms with Crippen LogP contribution < -0.4 is 14.8 Å². The van der Waals surface area contributed by atoms with E-state index in [0.717, 1.165) is 20.5 Å². The lowest BCUT2D eigenvalue weighted by atomic mass is 10.1. The highest BCUT2D eigenvalue weighted by molar-refractivity contribution is 9.10. The molecule has 2 aromatic carbocycles. The molecule has 1 aliphatic rings. The van der Waals surface area contributed by atoms with Crippen LogP contribution in [0.25, 0.3) is 6.08 Å². The second-order valence-electron chi connectivity index (χ2n) is 5.61. The highest BCUT2D eigenvalue weighted by atomic mass is 79.9. The number of benzene rings is 2. The Morgan fingerprint density at radius 2 is 1.92 bits per heavy atom. The number of carbonyl (C=O) groups excluding carboxylic acids is 2. The molecular formula is C19H17BrN2O4. The predicted octanol–water partition coefficient (Wildman–Crippen LogP) is 3.56. The molecular weight excluding hydrogens is 400 g/mol. The summed E-state index contributed by atoms with van der Waals surface area (Å²) >= 11 is 3.39. The number of urea groups is 1. The molecule has 6 nitrogen and oxygen atoms in total. The first kappa shape index (κ1) is 18.0. The number of nitrogens with one attached hydrogen (secondary N) is 1. The summed E-state index contributed by atoms with van der Waals surface area (Å²) in [6, 6.07) is 12.2. The minimum atomic E-state index is -0.467. The lowest BCUT2D eigenvalue weighted by Crippen LogP contribution is -2.30. The standard InChI is InChI=1S/C19H17BrN2O4/c1-25-15-5-3-4-12(8-15)9-16-18(23)22(19(24)21-16)11-13-10-14(20)6-7-17(13)26-2/h3-10H,11H2,1-2H3,(H,21,24)/b16-9-. The van der Waals surface area contributed by atoms with Crippen molar-refractivity contribution in [3.05, 3.63) is 63.8 Å². The smallest absolute Gasteiger partial charge is 0.329 e. The Labute approximate surface area is 159 Å². The Balaban J connectivity index is 1.85. The molecule has 3 rings (SSSR count). The average molecular weight is 417 g/mol. The maximum absolute atomic E-state index is 12.7. The molecule has 0 spiro atoms. The number of methoxy groups -OCH3 is 2. The maximum atomic E-state index is 12.7. The number of rotatable bonds is 5. The minimum Gasteiger partial charge on any atom is -0.497 e. The summed E-state index contributed by atoms with van der Waals surface area (Å²) in [6.45, 7) is 0.114. The number of imide groups is 1. The van der Waals surface area contributed by atoms with E-state index in [4.69, 9.17) is 9.47 Å². The zero-order valence-corrected chi connectivity index (χ0v) is 15.9. The fourth-order valence-electron chi connectivity index (χ4n) is 2.65. The van der Waals surface area contributed by atoms with E-state index in [-0.39, 0.29) is 18.1 Å². The van der Waals surface area contributed by atoms with Gasteiger partial charge in [-0.25, -0.2) is 4.79 Å². The first-order chi connectivity index (χ1) is 12.5. The van der Waals surface area contributed by atoms with E-state index in [9.17, 15) is 9.59 Å². The van der Waals surface area contributed by atoms with E-state index in [2.05, 4.69) is 21.2 Å². The molecule has 0 unspecified atom stereocenters. The first-order valence-electron chi connectivity index (χ1n) is 7.83. The van der Waals surface area contributed by atoms with Crippen LogP contribution in [-0.4, -0.2) is 31.1 Å². The Morgan fingerprint density at radius 1 is 1.12 bits per heavy atom. The first-order valence-corrected chi connectivity index (χ1v) is 8.62. The number of nitrogens with zero attached hydrogens (tertiary/aromatic N) is 1. The molecule has 3 amide bonds. The summed E-state index contributed by atoms with van der Waals surface area (Å²) in [5.74, 6) is 0.894. The molecule has 1 N–H and O–H groups in total. The molecule has 134 valence electrons. The highest BCUT2D eigenvalue weighted by Gasteiger charge is 2.34. The SMILES string of the molecule is COc1cccc(/C=C2\NC(=O)N(Cc3cc(Br)ccc3OC)C2=O)c1. The molecule has 1 heterocycles. The lowest BCUT2D eigenvalue weighted by molar-refractivity contribution is -0.123. The Hall–Kier alpha value is -2.80. The molecule has 0 aromatic heterocycles. The molecule has 0 aliphatic carbocycles. The van der Waals surface area contributed by atoms with Gasteiger partial charge in [-0.2, -0.15) is 0 Å². The summed E-state index contributed by atoms with van der Waals surface area (Å²) in [4.78, 5) is 26.1. The van der Waals surface area contributed by atoms with Crippen LogP contribution in [0.4, 0.5) is 4.79 Å². The number of hydrogen-bond acceptors (Lipinski definition) is 4. The number of ether oxygens (including phenoxy) is 2. The number of halogens is 1. The van der Waals surface area contributed by atoms with Crippen LogP contribution in [0.3, 0.4) is 0 Å². The quantitative estimate of drug-likeness (QED) is 0.597. The van der Waals surface area contributed by atoms with Crippen molar-refractivity contribution in [1.29, 1.82) is 0 Å². The summed E-state index contributed by atoms with van der Waals surface area (Å²) < 4.78 is 11.3. The lowest BCUT2D eigenvalue weighted by Gasteiger charge is -2.15. The molecule has 26 heavy (non-hydrogen) atoms. The Morgan fingerprint density at radius 3 is 2.65 bits per heavy atom. The Bertz CT molecular complexity index is 895. The average Bonchev–Trinajstić information content (AvgIpc) is 2.89. The number of amides is 3. The van der Waals surface area contributed by atoms with Crippen LogP contribution in [-0.2, 0) is 11.3 Å². The van der Waals surface area contributed by atoms with E-state index < -0.39 is 6.03 Å². The summed E-state index contributed by atoms with van der Waals surface area (Å²) in [7, 11) is 3.12. The third-order valence-corrected chi connectivity index (χ3v) is 4.43. The van der Waals surface area contributed by atoms with Crippen molar-refractivity contribution in [2.45, 2.75) is 6.54 Å². The molecule has 2 aromatic rings. The van der Waals surface area contributed by atoms with Crippen LogP contribution >= 0.6 is 15.9 Å². The van der Waals surface area contributed by atoms with E-state index in [1.807, 2.05) is 30.3 Å². The van der Waals surface area contributed by atoms with Crippen molar-refractivity contribution in [3.8, 4) is 11.5 Å². The van der Waals surface area contributed by atoms with Gasteiger partial charge in [0.25, 0.3) is 5.91 Å². The fourth-order valence-corrected chi connectivity index (χ4v) is 3.06. The van der Waals surface area contributed by atoms with E-state index in [0.29, 0.717) is 11.5 Å². The summed E-state index contributed by atoms with van der Waals surface area (Å²) in [6.07, 6.45) is 1.63. The molecule has 0 bridgehead atoms. The van der Waals surface area contributed by atoms with Crippen LogP contribution in [0.1, 0.15) is 11.1 Å². The molecule has 7 heteroatoms. The van der Waals surface area contributed by atoms with E-state index in [1.165, 1.54) is 0 Å². The third kappa shape index (κ3) is 3.72.